The number of pyridine rings is 1. The molecule has 234 valence electrons. The average Bonchev–Trinajstić information content (AvgIpc) is 3.49. The summed E-state index contributed by atoms with van der Waals surface area (Å²) in [4.78, 5) is 85.2. The molecule has 0 bridgehead atoms. The van der Waals surface area contributed by atoms with Crippen LogP contribution in [0.3, 0.4) is 0 Å². The number of fused-ring (bicyclic) bond motifs is 2. The smallest absolute Gasteiger partial charge is 0.267 e. The molecule has 0 fully saturated rings. The molecule has 5 aromatic rings. The molecule has 0 atom stereocenters. The van der Waals surface area contributed by atoms with Gasteiger partial charge >= 0.3 is 0 Å². The van der Waals surface area contributed by atoms with E-state index in [2.05, 4.69) is 15.6 Å². The van der Waals surface area contributed by atoms with Crippen molar-refractivity contribution in [1.82, 2.24) is 4.98 Å². The van der Waals surface area contributed by atoms with E-state index >= 15 is 0 Å². The van der Waals surface area contributed by atoms with Crippen LogP contribution >= 0.6 is 0 Å². The first kappa shape index (κ1) is 29.6. The fraction of sp³-hybridized carbons (Fsp3) is 0. The third-order valence-electron chi connectivity index (χ3n) is 7.73. The predicted molar refractivity (Wildman–Crippen MR) is 172 cm³/mol. The van der Waals surface area contributed by atoms with Gasteiger partial charge in [0.2, 0.25) is 0 Å². The Balaban J connectivity index is 1.12. The van der Waals surface area contributed by atoms with Gasteiger partial charge in [-0.25, -0.2) is 14.8 Å². The first-order valence-corrected chi connectivity index (χ1v) is 14.3. The molecule has 0 saturated carbocycles. The first-order valence-electron chi connectivity index (χ1n) is 14.3. The summed E-state index contributed by atoms with van der Waals surface area (Å²) < 4.78 is 0. The minimum Gasteiger partial charge on any atom is -0.508 e. The van der Waals surface area contributed by atoms with Gasteiger partial charge in [0.15, 0.2) is 0 Å². The number of benzene rings is 4. The zero-order valence-electron chi connectivity index (χ0n) is 24.5. The van der Waals surface area contributed by atoms with Crippen LogP contribution in [-0.4, -0.2) is 50.6 Å². The highest BCUT2D eigenvalue weighted by atomic mass is 16.3. The molecule has 6 amide bonds. The number of nitrogens with zero attached hydrogens (tertiary/aromatic N) is 3. The van der Waals surface area contributed by atoms with Gasteiger partial charge in [-0.05, 0) is 97.1 Å². The van der Waals surface area contributed by atoms with E-state index in [9.17, 15) is 39.0 Å². The van der Waals surface area contributed by atoms with E-state index < -0.39 is 35.4 Å². The lowest BCUT2D eigenvalue weighted by Crippen LogP contribution is -2.33. The van der Waals surface area contributed by atoms with Gasteiger partial charge in [0.05, 0.1) is 22.3 Å². The van der Waals surface area contributed by atoms with E-state index in [0.29, 0.717) is 11.4 Å². The summed E-state index contributed by atoms with van der Waals surface area (Å²) in [6.07, 6.45) is 0. The van der Waals surface area contributed by atoms with Gasteiger partial charge in [-0.2, -0.15) is 0 Å². The number of anilines is 4. The van der Waals surface area contributed by atoms with Crippen molar-refractivity contribution in [3.63, 3.8) is 0 Å². The highest BCUT2D eigenvalue weighted by Gasteiger charge is 2.41. The largest absolute Gasteiger partial charge is 0.508 e. The third-order valence-corrected chi connectivity index (χ3v) is 7.73. The maximum atomic E-state index is 13.5. The van der Waals surface area contributed by atoms with Gasteiger partial charge in [-0.15, -0.1) is 0 Å². The number of phenols is 2. The molecular weight excluding hydrogens is 618 g/mol. The van der Waals surface area contributed by atoms with E-state index in [1.807, 2.05) is 0 Å². The standard InChI is InChI=1S/C35H21N5O8/c41-22-10-6-20(7-11-22)36-30(43)18-4-14-24-26(16-18)34(47)39(32(24)45)28-2-1-3-29(38-28)40-33(46)25-15-5-19(17-27(25)35(40)48)31(44)37-21-8-12-23(42)13-9-21/h1-17,41-42H,(H,36,43)(H,37,44). The van der Waals surface area contributed by atoms with E-state index in [1.54, 1.807) is 0 Å². The van der Waals surface area contributed by atoms with Crippen LogP contribution in [0.5, 0.6) is 11.5 Å². The number of hydrogen-bond acceptors (Lipinski definition) is 9. The second-order valence-electron chi connectivity index (χ2n) is 10.8. The molecule has 0 unspecified atom stereocenters. The van der Waals surface area contributed by atoms with E-state index in [1.165, 1.54) is 103 Å². The molecule has 2 aliphatic rings. The highest BCUT2D eigenvalue weighted by Crippen LogP contribution is 2.33. The third kappa shape index (κ3) is 5.06. The van der Waals surface area contributed by atoms with Crippen molar-refractivity contribution in [1.29, 1.82) is 0 Å². The molecule has 0 spiro atoms. The summed E-state index contributed by atoms with van der Waals surface area (Å²) >= 11 is 0. The van der Waals surface area contributed by atoms with Crippen LogP contribution in [-0.2, 0) is 0 Å². The van der Waals surface area contributed by atoms with Crippen LogP contribution < -0.4 is 20.4 Å². The topological polar surface area (TPSA) is 186 Å². The Morgan fingerprint density at radius 3 is 1.27 bits per heavy atom. The second kappa shape index (κ2) is 11.3. The number of amides is 6. The maximum absolute atomic E-state index is 13.5. The van der Waals surface area contributed by atoms with Crippen molar-refractivity contribution in [3.8, 4) is 11.5 Å². The van der Waals surface area contributed by atoms with Crippen LogP contribution in [0, 0.1) is 0 Å². The van der Waals surface area contributed by atoms with Gasteiger partial charge in [-0.3, -0.25) is 28.8 Å². The SMILES string of the molecule is O=C(Nc1ccc(O)cc1)c1ccc2c(c1)C(=O)N(c1cccc(N3C(=O)c4ccc(C(=O)Nc5ccc(O)cc5)cc4C3=O)n1)C2=O. The van der Waals surface area contributed by atoms with Crippen LogP contribution in [0.1, 0.15) is 62.1 Å². The van der Waals surface area contributed by atoms with Crippen molar-refractivity contribution in [3.05, 3.63) is 137 Å². The van der Waals surface area contributed by atoms with Crippen LogP contribution in [0.4, 0.5) is 23.0 Å². The average molecular weight is 640 g/mol. The number of rotatable bonds is 6. The van der Waals surface area contributed by atoms with E-state index in [-0.39, 0.29) is 56.5 Å². The molecule has 7 rings (SSSR count). The number of phenolic OH excluding ortho intramolecular Hbond substituents is 2. The van der Waals surface area contributed by atoms with Crippen molar-refractivity contribution < 1.29 is 39.0 Å². The Morgan fingerprint density at radius 1 is 0.500 bits per heavy atom. The number of aromatic hydroxyl groups is 2. The maximum Gasteiger partial charge on any atom is 0.267 e. The van der Waals surface area contributed by atoms with Crippen LogP contribution in [0.25, 0.3) is 0 Å². The van der Waals surface area contributed by atoms with Gasteiger partial charge in [0.25, 0.3) is 35.4 Å². The van der Waals surface area contributed by atoms with Gasteiger partial charge in [0.1, 0.15) is 23.1 Å². The molecule has 2 aliphatic heterocycles. The predicted octanol–water partition coefficient (Wildman–Crippen LogP) is 4.60. The summed E-state index contributed by atoms with van der Waals surface area (Å²) in [5.41, 5.74) is 1.02. The Labute approximate surface area is 270 Å². The number of imide groups is 2. The summed E-state index contributed by atoms with van der Waals surface area (Å²) in [7, 11) is 0. The zero-order chi connectivity index (χ0) is 33.7. The van der Waals surface area contributed by atoms with Crippen molar-refractivity contribution in [2.75, 3.05) is 20.4 Å². The monoisotopic (exact) mass is 639 g/mol. The molecule has 13 heteroatoms. The lowest BCUT2D eigenvalue weighted by Gasteiger charge is -2.17. The molecule has 3 heterocycles. The number of carbonyl (C=O) groups is 6. The summed E-state index contributed by atoms with van der Waals surface area (Å²) in [5.74, 6) is -4.29. The highest BCUT2D eigenvalue weighted by molar-refractivity contribution is 6.36. The Morgan fingerprint density at radius 2 is 0.875 bits per heavy atom. The van der Waals surface area contributed by atoms with Gasteiger partial charge in [-0.1, -0.05) is 6.07 Å². The molecule has 48 heavy (non-hydrogen) atoms. The fourth-order valence-corrected chi connectivity index (χ4v) is 5.34. The lowest BCUT2D eigenvalue weighted by molar-refractivity contribution is 0.0912. The quantitative estimate of drug-likeness (QED) is 0.152. The number of nitrogens with one attached hydrogen (secondary N) is 2. The number of aromatic nitrogens is 1. The Bertz CT molecular complexity index is 2080. The van der Waals surface area contributed by atoms with Crippen LogP contribution in [0.2, 0.25) is 0 Å². The van der Waals surface area contributed by atoms with Crippen molar-refractivity contribution >= 4 is 58.5 Å². The molecular formula is C35H21N5O8. The lowest BCUT2D eigenvalue weighted by atomic mass is 10.1. The molecule has 4 N–H and O–H groups in total. The van der Waals surface area contributed by atoms with E-state index in [0.717, 1.165) is 9.80 Å². The molecule has 0 radical (unpaired) electrons. The van der Waals surface area contributed by atoms with Crippen molar-refractivity contribution in [2.45, 2.75) is 0 Å². The minimum absolute atomic E-state index is 0.0248. The fourth-order valence-electron chi connectivity index (χ4n) is 5.34. The van der Waals surface area contributed by atoms with Gasteiger partial charge in [0, 0.05) is 22.5 Å². The van der Waals surface area contributed by atoms with E-state index in [4.69, 9.17) is 0 Å². The molecule has 0 aliphatic carbocycles. The molecule has 13 nitrogen and oxygen atoms in total. The molecule has 0 saturated heterocycles. The van der Waals surface area contributed by atoms with Crippen LogP contribution in [0.15, 0.2) is 103 Å². The summed E-state index contributed by atoms with van der Waals surface area (Å²) in [5, 5.41) is 24.2. The Hall–Kier alpha value is -7.15. The first-order chi connectivity index (χ1) is 23.1. The Kier molecular flexibility index (Phi) is 6.98. The minimum atomic E-state index is -0.759. The van der Waals surface area contributed by atoms with Gasteiger partial charge < -0.3 is 20.8 Å². The second-order valence-corrected chi connectivity index (χ2v) is 10.8. The summed E-state index contributed by atoms with van der Waals surface area (Å²) in [6, 6.07) is 23.8. The number of hydrogen-bond donors (Lipinski definition) is 4. The molecule has 4 aromatic carbocycles. The summed E-state index contributed by atoms with van der Waals surface area (Å²) in [6.45, 7) is 0. The number of carbonyl (C=O) groups excluding carboxylic acids is 6. The van der Waals surface area contributed by atoms with Crippen molar-refractivity contribution in [2.24, 2.45) is 0 Å². The molecule has 1 aromatic heterocycles. The zero-order valence-corrected chi connectivity index (χ0v) is 24.5. The normalized spacial score (nSPS) is 13.4.